The fraction of sp³-hybridized carbons (Fsp3) is 0.583. The largest absolute Gasteiger partial charge is 0.480 e. The van der Waals surface area contributed by atoms with E-state index >= 15 is 0 Å². The van der Waals surface area contributed by atoms with Crippen molar-refractivity contribution in [3.05, 3.63) is 18.2 Å². The van der Waals surface area contributed by atoms with Gasteiger partial charge in [0, 0.05) is 30.1 Å². The Morgan fingerprint density at radius 3 is 2.75 bits per heavy atom. The molecule has 1 unspecified atom stereocenters. The van der Waals surface area contributed by atoms with Gasteiger partial charge in [-0.1, -0.05) is 6.92 Å². The molecule has 4 N–H and O–H groups in total. The summed E-state index contributed by atoms with van der Waals surface area (Å²) < 4.78 is 0. The van der Waals surface area contributed by atoms with Crippen LogP contribution in [0.3, 0.4) is 0 Å². The Balaban J connectivity index is 2.52. The number of nitrogens with zero attached hydrogens (tertiary/aromatic N) is 1. The Bertz CT molecular complexity index is 424. The number of aromatic nitrogens is 2. The molecule has 0 aromatic carbocycles. The van der Waals surface area contributed by atoms with Crippen molar-refractivity contribution >= 4 is 23.8 Å². The standard InChI is InChI=1S/C12H20N4O3S/c1-3-8(6-20-2)15-12(19)16-10(11(17)18)4-9-5-13-7-14-9/h5,7-8,10H,3-4,6H2,1-2H3,(H,13,14)(H,17,18)(H2,15,16,19)/t8?,10-/m0/s1. The fourth-order valence-corrected chi connectivity index (χ4v) is 2.39. The molecular formula is C12H20N4O3S. The zero-order chi connectivity index (χ0) is 15.0. The quantitative estimate of drug-likeness (QED) is 0.569. The predicted octanol–water partition coefficient (Wildman–Crippen LogP) is 0.846. The van der Waals surface area contributed by atoms with Crippen LogP contribution < -0.4 is 10.6 Å². The van der Waals surface area contributed by atoms with E-state index in [1.807, 2.05) is 13.2 Å². The first-order valence-electron chi connectivity index (χ1n) is 6.32. The second-order valence-electron chi connectivity index (χ2n) is 4.35. The lowest BCUT2D eigenvalue weighted by Gasteiger charge is -2.19. The molecule has 1 aromatic heterocycles. The maximum Gasteiger partial charge on any atom is 0.326 e. The number of urea groups is 1. The third-order valence-corrected chi connectivity index (χ3v) is 3.51. The van der Waals surface area contributed by atoms with Crippen molar-refractivity contribution < 1.29 is 14.7 Å². The highest BCUT2D eigenvalue weighted by Crippen LogP contribution is 2.02. The number of carbonyl (C=O) groups excluding carboxylic acids is 1. The smallest absolute Gasteiger partial charge is 0.326 e. The summed E-state index contributed by atoms with van der Waals surface area (Å²) in [6, 6.07) is -1.41. The van der Waals surface area contributed by atoms with E-state index in [0.29, 0.717) is 5.69 Å². The number of aliphatic carboxylic acids is 1. The van der Waals surface area contributed by atoms with Gasteiger partial charge in [0.1, 0.15) is 6.04 Å². The zero-order valence-electron chi connectivity index (χ0n) is 11.5. The molecule has 0 fully saturated rings. The average Bonchev–Trinajstić information content (AvgIpc) is 2.90. The molecule has 0 radical (unpaired) electrons. The van der Waals surface area contributed by atoms with Crippen LogP contribution in [0, 0.1) is 0 Å². The molecule has 1 rings (SSSR count). The molecule has 0 saturated carbocycles. The number of carboxylic acid groups (broad SMARTS) is 1. The van der Waals surface area contributed by atoms with Crippen LogP contribution in [-0.4, -0.2) is 51.2 Å². The van der Waals surface area contributed by atoms with Crippen LogP contribution in [0.5, 0.6) is 0 Å². The Hall–Kier alpha value is -1.70. The first-order chi connectivity index (χ1) is 9.56. The highest BCUT2D eigenvalue weighted by molar-refractivity contribution is 7.98. The molecule has 1 heterocycles. The van der Waals surface area contributed by atoms with Gasteiger partial charge in [0.15, 0.2) is 0 Å². The molecule has 0 aliphatic carbocycles. The topological polar surface area (TPSA) is 107 Å². The first kappa shape index (κ1) is 16.4. The number of hydrogen-bond donors (Lipinski definition) is 4. The van der Waals surface area contributed by atoms with Crippen molar-refractivity contribution in [3.63, 3.8) is 0 Å². The van der Waals surface area contributed by atoms with Crippen LogP contribution in [0.25, 0.3) is 0 Å². The van der Waals surface area contributed by atoms with Crippen molar-refractivity contribution in [2.24, 2.45) is 0 Å². The summed E-state index contributed by atoms with van der Waals surface area (Å²) in [5, 5.41) is 14.4. The summed E-state index contributed by atoms with van der Waals surface area (Å²) in [5.74, 6) is -0.282. The monoisotopic (exact) mass is 300 g/mol. The lowest BCUT2D eigenvalue weighted by molar-refractivity contribution is -0.139. The minimum absolute atomic E-state index is 0.0339. The molecule has 1 aromatic rings. The van der Waals surface area contributed by atoms with Gasteiger partial charge in [-0.2, -0.15) is 11.8 Å². The maximum absolute atomic E-state index is 11.8. The number of H-pyrrole nitrogens is 1. The van der Waals surface area contributed by atoms with Gasteiger partial charge in [0.05, 0.1) is 6.33 Å². The minimum Gasteiger partial charge on any atom is -0.480 e. The van der Waals surface area contributed by atoms with E-state index in [1.165, 1.54) is 12.5 Å². The molecule has 0 spiro atoms. The maximum atomic E-state index is 11.8. The van der Waals surface area contributed by atoms with Crippen LogP contribution in [0.2, 0.25) is 0 Å². The summed E-state index contributed by atoms with van der Waals surface area (Å²) in [7, 11) is 0. The molecule has 0 aliphatic heterocycles. The fourth-order valence-electron chi connectivity index (χ4n) is 1.66. The predicted molar refractivity (Wildman–Crippen MR) is 77.8 cm³/mol. The highest BCUT2D eigenvalue weighted by atomic mass is 32.2. The number of rotatable bonds is 8. The zero-order valence-corrected chi connectivity index (χ0v) is 12.4. The van der Waals surface area contributed by atoms with Gasteiger partial charge < -0.3 is 20.7 Å². The number of hydrogen-bond acceptors (Lipinski definition) is 4. The third-order valence-electron chi connectivity index (χ3n) is 2.78. The lowest BCUT2D eigenvalue weighted by atomic mass is 10.1. The highest BCUT2D eigenvalue weighted by Gasteiger charge is 2.22. The average molecular weight is 300 g/mol. The Morgan fingerprint density at radius 1 is 1.50 bits per heavy atom. The van der Waals surface area contributed by atoms with E-state index in [9.17, 15) is 9.59 Å². The molecule has 7 nitrogen and oxygen atoms in total. The van der Waals surface area contributed by atoms with Gasteiger partial charge in [-0.25, -0.2) is 14.6 Å². The number of carboxylic acids is 1. The summed E-state index contributed by atoms with van der Waals surface area (Å²) in [4.78, 5) is 29.6. The van der Waals surface area contributed by atoms with Crippen molar-refractivity contribution in [2.75, 3.05) is 12.0 Å². The second-order valence-corrected chi connectivity index (χ2v) is 5.26. The van der Waals surface area contributed by atoms with E-state index < -0.39 is 18.0 Å². The normalized spacial score (nSPS) is 13.5. The van der Waals surface area contributed by atoms with Crippen LogP contribution >= 0.6 is 11.8 Å². The number of imidazole rings is 1. The second kappa shape index (κ2) is 8.47. The molecular weight excluding hydrogens is 280 g/mol. The third kappa shape index (κ3) is 5.52. The number of thioether (sulfide) groups is 1. The van der Waals surface area contributed by atoms with E-state index in [1.54, 1.807) is 11.8 Å². The van der Waals surface area contributed by atoms with Gasteiger partial charge in [0.2, 0.25) is 0 Å². The first-order valence-corrected chi connectivity index (χ1v) is 7.72. The van der Waals surface area contributed by atoms with Crippen molar-refractivity contribution in [1.82, 2.24) is 20.6 Å². The molecule has 8 heteroatoms. The van der Waals surface area contributed by atoms with Gasteiger partial charge in [-0.05, 0) is 12.7 Å². The molecule has 112 valence electrons. The van der Waals surface area contributed by atoms with Gasteiger partial charge in [0.25, 0.3) is 0 Å². The van der Waals surface area contributed by atoms with Crippen LogP contribution in [0.4, 0.5) is 4.79 Å². The van der Waals surface area contributed by atoms with Gasteiger partial charge >= 0.3 is 12.0 Å². The molecule has 0 saturated heterocycles. The Morgan fingerprint density at radius 2 is 2.25 bits per heavy atom. The van der Waals surface area contributed by atoms with E-state index in [0.717, 1.165) is 12.2 Å². The molecule has 20 heavy (non-hydrogen) atoms. The Labute approximate surface area is 121 Å². The molecule has 0 aliphatic rings. The number of nitrogens with one attached hydrogen (secondary N) is 3. The Kier molecular flexibility index (Phi) is 6.92. The van der Waals surface area contributed by atoms with E-state index in [4.69, 9.17) is 5.11 Å². The van der Waals surface area contributed by atoms with Crippen LogP contribution in [-0.2, 0) is 11.2 Å². The van der Waals surface area contributed by atoms with E-state index in [-0.39, 0.29) is 12.5 Å². The van der Waals surface area contributed by atoms with Crippen LogP contribution in [0.15, 0.2) is 12.5 Å². The number of carbonyl (C=O) groups is 2. The van der Waals surface area contributed by atoms with E-state index in [2.05, 4.69) is 20.6 Å². The van der Waals surface area contributed by atoms with Gasteiger partial charge in [-0.3, -0.25) is 0 Å². The van der Waals surface area contributed by atoms with Crippen molar-refractivity contribution in [3.8, 4) is 0 Å². The molecule has 0 bridgehead atoms. The minimum atomic E-state index is -1.08. The van der Waals surface area contributed by atoms with Crippen molar-refractivity contribution in [1.29, 1.82) is 0 Å². The summed E-state index contributed by atoms with van der Waals surface area (Å²) in [6.07, 6.45) is 5.94. The number of aromatic amines is 1. The van der Waals surface area contributed by atoms with Crippen molar-refractivity contribution in [2.45, 2.75) is 31.8 Å². The number of amides is 2. The summed E-state index contributed by atoms with van der Waals surface area (Å²) >= 11 is 1.63. The van der Waals surface area contributed by atoms with Gasteiger partial charge in [-0.15, -0.1) is 0 Å². The summed E-state index contributed by atoms with van der Waals surface area (Å²) in [5.41, 5.74) is 0.661. The lowest BCUT2D eigenvalue weighted by Crippen LogP contribution is -2.50. The molecule has 2 atom stereocenters. The SMILES string of the molecule is CCC(CSC)NC(=O)N[C@@H](Cc1cnc[nH]1)C(=O)O. The van der Waals surface area contributed by atoms with Crippen LogP contribution in [0.1, 0.15) is 19.0 Å². The molecule has 2 amide bonds. The summed E-state index contributed by atoms with van der Waals surface area (Å²) in [6.45, 7) is 1.97.